The van der Waals surface area contributed by atoms with E-state index >= 15 is 0 Å². The van der Waals surface area contributed by atoms with Crippen molar-refractivity contribution in [2.45, 2.75) is 22.7 Å². The number of amides is 2. The molecule has 0 unspecified atom stereocenters. The molecule has 2 aromatic carbocycles. The van der Waals surface area contributed by atoms with Gasteiger partial charge in [-0.2, -0.15) is 0 Å². The summed E-state index contributed by atoms with van der Waals surface area (Å²) in [6, 6.07) is 13.4. The Balaban J connectivity index is 1.50. The zero-order valence-corrected chi connectivity index (χ0v) is 19.0. The van der Waals surface area contributed by atoms with Gasteiger partial charge in [0.25, 0.3) is 5.91 Å². The molecule has 0 bridgehead atoms. The van der Waals surface area contributed by atoms with Crippen LogP contribution in [0.2, 0.25) is 10.0 Å². The molecule has 2 amide bonds. The molecular formula is C21H16Cl2N2O4S2. The largest absolute Gasteiger partial charge is 0.477 e. The Morgan fingerprint density at radius 3 is 2.61 bits per heavy atom. The molecule has 4 rings (SSSR count). The molecule has 2 aromatic rings. The van der Waals surface area contributed by atoms with Gasteiger partial charge in [-0.15, -0.1) is 11.8 Å². The van der Waals surface area contributed by atoms with Crippen molar-refractivity contribution >= 4 is 64.5 Å². The zero-order chi connectivity index (χ0) is 22.1. The van der Waals surface area contributed by atoms with Crippen molar-refractivity contribution < 1.29 is 19.5 Å². The van der Waals surface area contributed by atoms with E-state index in [1.807, 2.05) is 30.3 Å². The van der Waals surface area contributed by atoms with Crippen LogP contribution in [0.25, 0.3) is 0 Å². The lowest BCUT2D eigenvalue weighted by atomic mass is 10.0. The standard InChI is InChI=1S/C21H16Cl2N2O4S2/c22-12-6-7-14(13(23)9-12)31-15-10-30-20-17(19(27)25(20)18(15)21(28)29)24-16(26)8-11-4-2-1-3-5-11/h1-7,9,17,20H,8,10H2,(H,24,26)(H,28,29)/t17-,20+/m1/s1. The summed E-state index contributed by atoms with van der Waals surface area (Å²) >= 11 is 14.8. The van der Waals surface area contributed by atoms with Crippen molar-refractivity contribution in [3.05, 3.63) is 74.7 Å². The third kappa shape index (κ3) is 4.57. The topological polar surface area (TPSA) is 86.7 Å². The number of nitrogens with one attached hydrogen (secondary N) is 1. The Bertz CT molecular complexity index is 1090. The first-order chi connectivity index (χ1) is 14.8. The molecule has 31 heavy (non-hydrogen) atoms. The number of fused-ring (bicyclic) bond motifs is 1. The van der Waals surface area contributed by atoms with Crippen molar-refractivity contribution in [2.24, 2.45) is 0 Å². The first-order valence-corrected chi connectivity index (χ1v) is 11.8. The third-order valence-corrected chi connectivity index (χ3v) is 8.07. The van der Waals surface area contributed by atoms with E-state index in [0.29, 0.717) is 25.6 Å². The molecule has 160 valence electrons. The molecule has 10 heteroatoms. The van der Waals surface area contributed by atoms with Gasteiger partial charge in [-0.05, 0) is 23.8 Å². The predicted molar refractivity (Wildman–Crippen MR) is 122 cm³/mol. The first-order valence-electron chi connectivity index (χ1n) is 9.22. The normalized spacial score (nSPS) is 20.2. The van der Waals surface area contributed by atoms with Crippen molar-refractivity contribution in [1.82, 2.24) is 10.2 Å². The number of carbonyl (C=O) groups is 3. The molecule has 2 atom stereocenters. The van der Waals surface area contributed by atoms with Crippen LogP contribution in [0.4, 0.5) is 0 Å². The van der Waals surface area contributed by atoms with Crippen LogP contribution in [0, 0.1) is 0 Å². The zero-order valence-electron chi connectivity index (χ0n) is 15.9. The van der Waals surface area contributed by atoms with Gasteiger partial charge < -0.3 is 10.4 Å². The van der Waals surface area contributed by atoms with E-state index in [2.05, 4.69) is 5.32 Å². The fraction of sp³-hybridized carbons (Fsp3) is 0.190. The molecule has 2 aliphatic rings. The SMILES string of the molecule is O=C(Cc1ccccc1)N[C@@H]1C(=O)N2C(C(=O)O)=C(Sc3ccc(Cl)cc3Cl)CS[C@@H]12. The number of carboxylic acids is 1. The number of hydrogen-bond acceptors (Lipinski definition) is 5. The van der Waals surface area contributed by atoms with Gasteiger partial charge in [-0.25, -0.2) is 4.79 Å². The van der Waals surface area contributed by atoms with Crippen LogP contribution in [-0.4, -0.2) is 45.0 Å². The second-order valence-corrected chi connectivity index (χ2v) is 9.96. The number of rotatable bonds is 6. The van der Waals surface area contributed by atoms with Gasteiger partial charge in [0.05, 0.1) is 11.4 Å². The highest BCUT2D eigenvalue weighted by Gasteiger charge is 2.54. The minimum atomic E-state index is -1.19. The number of thioether (sulfide) groups is 2. The van der Waals surface area contributed by atoms with Crippen molar-refractivity contribution in [3.63, 3.8) is 0 Å². The van der Waals surface area contributed by atoms with Gasteiger partial charge in [0.15, 0.2) is 0 Å². The molecule has 2 N–H and O–H groups in total. The lowest BCUT2D eigenvalue weighted by molar-refractivity contribution is -0.150. The molecular weight excluding hydrogens is 479 g/mol. The molecule has 2 aliphatic heterocycles. The van der Waals surface area contributed by atoms with E-state index in [0.717, 1.165) is 5.56 Å². The van der Waals surface area contributed by atoms with E-state index in [1.54, 1.807) is 18.2 Å². The van der Waals surface area contributed by atoms with E-state index < -0.39 is 23.3 Å². The Hall–Kier alpha value is -2.13. The number of carbonyl (C=O) groups excluding carboxylic acids is 2. The van der Waals surface area contributed by atoms with Crippen LogP contribution >= 0.6 is 46.7 Å². The number of halogens is 2. The fourth-order valence-electron chi connectivity index (χ4n) is 3.37. The van der Waals surface area contributed by atoms with E-state index in [4.69, 9.17) is 23.2 Å². The van der Waals surface area contributed by atoms with Gasteiger partial charge >= 0.3 is 5.97 Å². The summed E-state index contributed by atoms with van der Waals surface area (Å²) in [6.07, 6.45) is 0.153. The van der Waals surface area contributed by atoms with Crippen LogP contribution in [0.1, 0.15) is 5.56 Å². The highest BCUT2D eigenvalue weighted by Crippen LogP contribution is 2.46. The third-order valence-electron chi connectivity index (χ3n) is 4.79. The Labute approximate surface area is 197 Å². The molecule has 0 aromatic heterocycles. The van der Waals surface area contributed by atoms with Gasteiger partial charge in [0.1, 0.15) is 17.1 Å². The maximum absolute atomic E-state index is 12.8. The maximum atomic E-state index is 12.8. The molecule has 0 aliphatic carbocycles. The Kier molecular flexibility index (Phi) is 6.52. The maximum Gasteiger partial charge on any atom is 0.353 e. The second kappa shape index (κ2) is 9.16. The predicted octanol–water partition coefficient (Wildman–Crippen LogP) is 4.02. The number of β-lactam (4-membered cyclic amide) rings is 1. The van der Waals surface area contributed by atoms with Crippen molar-refractivity contribution in [3.8, 4) is 0 Å². The quantitative estimate of drug-likeness (QED) is 0.589. The van der Waals surface area contributed by atoms with Crippen LogP contribution < -0.4 is 5.32 Å². The summed E-state index contributed by atoms with van der Waals surface area (Å²) in [5.74, 6) is -1.53. The van der Waals surface area contributed by atoms with E-state index in [-0.39, 0.29) is 18.0 Å². The summed E-state index contributed by atoms with van der Waals surface area (Å²) in [6.45, 7) is 0. The summed E-state index contributed by atoms with van der Waals surface area (Å²) in [7, 11) is 0. The van der Waals surface area contributed by atoms with Crippen LogP contribution in [-0.2, 0) is 20.8 Å². The highest BCUT2D eigenvalue weighted by atomic mass is 35.5. The number of benzene rings is 2. The highest BCUT2D eigenvalue weighted by molar-refractivity contribution is 8.06. The first kappa shape index (κ1) is 22.1. The average molecular weight is 495 g/mol. The van der Waals surface area contributed by atoms with E-state index in [1.165, 1.54) is 28.4 Å². The molecule has 1 saturated heterocycles. The number of aliphatic carboxylic acids is 1. The summed E-state index contributed by atoms with van der Waals surface area (Å²) in [5, 5.41) is 13.0. The molecule has 1 fully saturated rings. The van der Waals surface area contributed by atoms with Crippen molar-refractivity contribution in [1.29, 1.82) is 0 Å². The Morgan fingerprint density at radius 2 is 1.94 bits per heavy atom. The lowest BCUT2D eigenvalue weighted by Gasteiger charge is -2.49. The van der Waals surface area contributed by atoms with Crippen LogP contribution in [0.5, 0.6) is 0 Å². The minimum Gasteiger partial charge on any atom is -0.477 e. The van der Waals surface area contributed by atoms with Gasteiger partial charge in [0, 0.05) is 20.6 Å². The average Bonchev–Trinajstić information content (AvgIpc) is 2.74. The lowest BCUT2D eigenvalue weighted by Crippen LogP contribution is -2.70. The van der Waals surface area contributed by atoms with Crippen LogP contribution in [0.15, 0.2) is 64.0 Å². The Morgan fingerprint density at radius 1 is 1.19 bits per heavy atom. The second-order valence-electron chi connectivity index (χ2n) is 6.87. The van der Waals surface area contributed by atoms with Crippen LogP contribution in [0.3, 0.4) is 0 Å². The number of nitrogens with zero attached hydrogens (tertiary/aromatic N) is 1. The monoisotopic (exact) mass is 494 g/mol. The number of carboxylic acid groups (broad SMARTS) is 1. The van der Waals surface area contributed by atoms with Gasteiger partial charge in [-0.1, -0.05) is 65.3 Å². The summed E-state index contributed by atoms with van der Waals surface area (Å²) in [5.41, 5.74) is 0.767. The van der Waals surface area contributed by atoms with Crippen molar-refractivity contribution in [2.75, 3.05) is 5.75 Å². The number of hydrogen-bond donors (Lipinski definition) is 2. The summed E-state index contributed by atoms with van der Waals surface area (Å²) in [4.78, 5) is 39.5. The summed E-state index contributed by atoms with van der Waals surface area (Å²) < 4.78 is 0. The molecule has 6 nitrogen and oxygen atoms in total. The van der Waals surface area contributed by atoms with Gasteiger partial charge in [-0.3, -0.25) is 14.5 Å². The fourth-order valence-corrected chi connectivity index (χ4v) is 6.36. The molecule has 2 heterocycles. The molecule has 0 radical (unpaired) electrons. The van der Waals surface area contributed by atoms with Gasteiger partial charge in [0.2, 0.25) is 5.91 Å². The molecule has 0 saturated carbocycles. The van der Waals surface area contributed by atoms with E-state index in [9.17, 15) is 19.5 Å². The smallest absolute Gasteiger partial charge is 0.353 e. The molecule has 0 spiro atoms. The minimum absolute atomic E-state index is 0.0710.